The molecular formula is C36H42F4O. The van der Waals surface area contributed by atoms with E-state index in [9.17, 15) is 8.78 Å². The van der Waals surface area contributed by atoms with Gasteiger partial charge >= 0.3 is 6.11 Å². The lowest BCUT2D eigenvalue weighted by Gasteiger charge is -2.38. The van der Waals surface area contributed by atoms with E-state index in [0.29, 0.717) is 24.7 Å². The first-order chi connectivity index (χ1) is 19.8. The maximum atomic E-state index is 15.1. The van der Waals surface area contributed by atoms with Gasteiger partial charge in [0.15, 0.2) is 11.6 Å². The van der Waals surface area contributed by atoms with E-state index < -0.39 is 23.8 Å². The highest BCUT2D eigenvalue weighted by Gasteiger charge is 2.39. The van der Waals surface area contributed by atoms with Gasteiger partial charge in [-0.1, -0.05) is 62.2 Å². The number of rotatable bonds is 10. The second-order valence-corrected chi connectivity index (χ2v) is 12.2. The second kappa shape index (κ2) is 13.5. The molecule has 3 aromatic rings. The summed E-state index contributed by atoms with van der Waals surface area (Å²) in [5, 5.41) is 0. The van der Waals surface area contributed by atoms with E-state index >= 15 is 8.78 Å². The van der Waals surface area contributed by atoms with Crippen molar-refractivity contribution in [1.29, 1.82) is 0 Å². The molecule has 0 radical (unpaired) electrons. The second-order valence-electron chi connectivity index (χ2n) is 12.2. The van der Waals surface area contributed by atoms with Gasteiger partial charge in [-0.2, -0.15) is 8.78 Å². The van der Waals surface area contributed by atoms with Crippen molar-refractivity contribution >= 4 is 0 Å². The summed E-state index contributed by atoms with van der Waals surface area (Å²) >= 11 is 0. The first-order valence-electron chi connectivity index (χ1n) is 15.5. The third kappa shape index (κ3) is 7.60. The Bertz CT molecular complexity index is 1240. The van der Waals surface area contributed by atoms with Crippen LogP contribution in [0.1, 0.15) is 100 Å². The largest absolute Gasteiger partial charge is 0.383 e. The number of halogens is 4. The van der Waals surface area contributed by atoms with Crippen molar-refractivity contribution in [3.8, 4) is 11.1 Å². The molecule has 0 heterocycles. The molecule has 220 valence electrons. The SMILES string of the molecule is CCCCCc1ccc(-c2ccc(C(F)(F)OC3CCC(C4CCC(c5ccc(F)c(F)c5)CC4)CC3)cc2)cc1. The summed E-state index contributed by atoms with van der Waals surface area (Å²) in [6.45, 7) is 2.20. The molecule has 2 aliphatic carbocycles. The molecule has 0 amide bonds. The molecule has 1 nitrogen and oxygen atoms in total. The Balaban J connectivity index is 1.09. The van der Waals surface area contributed by atoms with Crippen LogP contribution in [0.3, 0.4) is 0 Å². The number of hydrogen-bond acceptors (Lipinski definition) is 1. The van der Waals surface area contributed by atoms with Gasteiger partial charge in [0.05, 0.1) is 11.7 Å². The summed E-state index contributed by atoms with van der Waals surface area (Å²) in [7, 11) is 0. The van der Waals surface area contributed by atoms with Gasteiger partial charge in [0.1, 0.15) is 0 Å². The lowest BCUT2D eigenvalue weighted by atomic mass is 9.69. The monoisotopic (exact) mass is 566 g/mol. The summed E-state index contributed by atoms with van der Waals surface area (Å²) in [4.78, 5) is 0. The van der Waals surface area contributed by atoms with Crippen LogP contribution < -0.4 is 0 Å². The van der Waals surface area contributed by atoms with E-state index in [1.165, 1.54) is 49.1 Å². The topological polar surface area (TPSA) is 9.23 Å². The zero-order valence-electron chi connectivity index (χ0n) is 24.1. The molecule has 0 N–H and O–H groups in total. The third-order valence-electron chi connectivity index (χ3n) is 9.46. The predicted octanol–water partition coefficient (Wildman–Crippen LogP) is 11.0. The minimum absolute atomic E-state index is 0.102. The Morgan fingerprint density at radius 3 is 1.85 bits per heavy atom. The third-order valence-corrected chi connectivity index (χ3v) is 9.46. The van der Waals surface area contributed by atoms with Crippen LogP contribution >= 0.6 is 0 Å². The summed E-state index contributed by atoms with van der Waals surface area (Å²) in [6.07, 6.45) is 8.02. The van der Waals surface area contributed by atoms with Crippen LogP contribution in [0.5, 0.6) is 0 Å². The van der Waals surface area contributed by atoms with Gasteiger partial charge in [-0.15, -0.1) is 0 Å². The van der Waals surface area contributed by atoms with Gasteiger partial charge in [0, 0.05) is 0 Å². The number of ether oxygens (including phenoxy) is 1. The van der Waals surface area contributed by atoms with Gasteiger partial charge in [-0.3, -0.25) is 0 Å². The van der Waals surface area contributed by atoms with Crippen molar-refractivity contribution in [3.63, 3.8) is 0 Å². The average Bonchev–Trinajstić information content (AvgIpc) is 2.99. The number of benzene rings is 3. The molecule has 0 aliphatic heterocycles. The van der Waals surface area contributed by atoms with Gasteiger partial charge < -0.3 is 4.74 Å². The van der Waals surface area contributed by atoms with Crippen LogP contribution in [0.4, 0.5) is 17.6 Å². The zero-order chi connectivity index (χ0) is 28.8. The summed E-state index contributed by atoms with van der Waals surface area (Å²) in [5.41, 5.74) is 4.03. The summed E-state index contributed by atoms with van der Waals surface area (Å²) in [6, 6.07) is 19.1. The highest BCUT2D eigenvalue weighted by molar-refractivity contribution is 5.64. The Hall–Kier alpha value is -2.66. The van der Waals surface area contributed by atoms with Crippen LogP contribution in [0.2, 0.25) is 0 Å². The number of hydrogen-bond donors (Lipinski definition) is 0. The van der Waals surface area contributed by atoms with Crippen LogP contribution in [-0.2, 0) is 17.3 Å². The fourth-order valence-electron chi connectivity index (χ4n) is 6.95. The standard InChI is InChI=1S/C36H42F4O/c1-2-3-4-5-25-6-8-26(9-7-25)28-14-19-32(20-15-28)36(39,40)41-33-21-16-29(17-22-33)27-10-12-30(13-11-27)31-18-23-34(37)35(38)24-31/h6-9,14-15,18-20,23-24,27,29-30,33H,2-5,10-13,16-17,21-22H2,1H3. The number of aryl methyl sites for hydroxylation is 1. The molecule has 3 aromatic carbocycles. The van der Waals surface area contributed by atoms with Crippen molar-refractivity contribution in [3.05, 3.63) is 95.1 Å². The molecule has 41 heavy (non-hydrogen) atoms. The molecular weight excluding hydrogens is 524 g/mol. The molecule has 0 spiro atoms. The van der Waals surface area contributed by atoms with Crippen molar-refractivity contribution in [2.75, 3.05) is 0 Å². The Morgan fingerprint density at radius 2 is 1.27 bits per heavy atom. The van der Waals surface area contributed by atoms with Crippen LogP contribution in [0.15, 0.2) is 66.7 Å². The van der Waals surface area contributed by atoms with Crippen LogP contribution in [0, 0.1) is 23.5 Å². The molecule has 2 fully saturated rings. The fourth-order valence-corrected chi connectivity index (χ4v) is 6.95. The predicted molar refractivity (Wildman–Crippen MR) is 157 cm³/mol. The molecule has 0 bridgehead atoms. The van der Waals surface area contributed by atoms with E-state index in [0.717, 1.165) is 61.6 Å². The van der Waals surface area contributed by atoms with E-state index in [1.54, 1.807) is 18.2 Å². The van der Waals surface area contributed by atoms with Crippen LogP contribution in [0.25, 0.3) is 11.1 Å². The molecule has 0 atom stereocenters. The molecule has 0 unspecified atom stereocenters. The van der Waals surface area contributed by atoms with Crippen LogP contribution in [-0.4, -0.2) is 6.10 Å². The van der Waals surface area contributed by atoms with E-state index in [2.05, 4.69) is 31.2 Å². The summed E-state index contributed by atoms with van der Waals surface area (Å²) in [5.74, 6) is -0.232. The maximum absolute atomic E-state index is 15.1. The van der Waals surface area contributed by atoms with E-state index in [1.807, 2.05) is 0 Å². The van der Waals surface area contributed by atoms with E-state index in [-0.39, 0.29) is 11.5 Å². The molecule has 5 rings (SSSR count). The smallest absolute Gasteiger partial charge is 0.313 e. The molecule has 2 aliphatic rings. The lowest BCUT2D eigenvalue weighted by Crippen LogP contribution is -2.32. The van der Waals surface area contributed by atoms with Crippen molar-refractivity contribution in [2.24, 2.45) is 11.8 Å². The lowest BCUT2D eigenvalue weighted by molar-refractivity contribution is -0.278. The first-order valence-corrected chi connectivity index (χ1v) is 15.5. The number of unbranched alkanes of at least 4 members (excludes halogenated alkanes) is 2. The van der Waals surface area contributed by atoms with Gasteiger partial charge in [0.25, 0.3) is 0 Å². The minimum Gasteiger partial charge on any atom is -0.313 e. The normalized spacial score (nSPS) is 23.4. The first kappa shape index (κ1) is 29.8. The molecule has 0 aromatic heterocycles. The molecule has 2 saturated carbocycles. The molecule has 0 saturated heterocycles. The van der Waals surface area contributed by atoms with Crippen molar-refractivity contribution in [1.82, 2.24) is 0 Å². The Kier molecular flexibility index (Phi) is 9.85. The quantitative estimate of drug-likeness (QED) is 0.175. The van der Waals surface area contributed by atoms with Crippen molar-refractivity contribution < 1.29 is 22.3 Å². The Morgan fingerprint density at radius 1 is 0.683 bits per heavy atom. The van der Waals surface area contributed by atoms with Crippen molar-refractivity contribution in [2.45, 2.75) is 102 Å². The number of alkyl halides is 2. The van der Waals surface area contributed by atoms with Gasteiger partial charge in [-0.05, 0) is 128 Å². The summed E-state index contributed by atoms with van der Waals surface area (Å²) < 4.78 is 62.6. The fraction of sp³-hybridized carbons (Fsp3) is 0.500. The average molecular weight is 567 g/mol. The van der Waals surface area contributed by atoms with E-state index in [4.69, 9.17) is 4.74 Å². The highest BCUT2D eigenvalue weighted by Crippen LogP contribution is 2.44. The van der Waals surface area contributed by atoms with Gasteiger partial charge in [-0.25, -0.2) is 8.78 Å². The van der Waals surface area contributed by atoms with Gasteiger partial charge in [0.2, 0.25) is 0 Å². The maximum Gasteiger partial charge on any atom is 0.383 e. The Labute approximate surface area is 242 Å². The minimum atomic E-state index is -3.32. The highest BCUT2D eigenvalue weighted by atomic mass is 19.3. The zero-order valence-corrected chi connectivity index (χ0v) is 24.1. The molecule has 5 heteroatoms.